The number of rotatable bonds is 5. The van der Waals surface area contributed by atoms with Crippen LogP contribution in [0.25, 0.3) is 0 Å². The largest absolute Gasteiger partial charge is 0.378 e. The van der Waals surface area contributed by atoms with E-state index in [1.807, 2.05) is 6.07 Å². The summed E-state index contributed by atoms with van der Waals surface area (Å²) < 4.78 is 33.5. The van der Waals surface area contributed by atoms with Crippen LogP contribution in [0.15, 0.2) is 23.2 Å². The van der Waals surface area contributed by atoms with Crippen molar-refractivity contribution in [2.75, 3.05) is 63.9 Å². The van der Waals surface area contributed by atoms with E-state index in [9.17, 15) is 8.42 Å². The van der Waals surface area contributed by atoms with Gasteiger partial charge in [0, 0.05) is 32.4 Å². The summed E-state index contributed by atoms with van der Waals surface area (Å²) >= 11 is 0. The van der Waals surface area contributed by atoms with Crippen molar-refractivity contribution in [3.63, 3.8) is 0 Å². The highest BCUT2D eigenvalue weighted by Gasteiger charge is 2.40. The van der Waals surface area contributed by atoms with Crippen LogP contribution in [0.3, 0.4) is 0 Å². The molecule has 1 aromatic rings. The van der Waals surface area contributed by atoms with Gasteiger partial charge >= 0.3 is 0 Å². The molecular formula is C24H40N4O3S. The molecule has 7 nitrogen and oxygen atoms in total. The summed E-state index contributed by atoms with van der Waals surface area (Å²) in [7, 11) is -3.48. The highest BCUT2D eigenvalue weighted by Crippen LogP contribution is 2.42. The van der Waals surface area contributed by atoms with Crippen LogP contribution < -0.4 is 4.90 Å². The smallest absolute Gasteiger partial charge is 0.244 e. The van der Waals surface area contributed by atoms with Crippen molar-refractivity contribution in [2.24, 2.45) is 10.8 Å². The molecule has 3 aliphatic heterocycles. The molecule has 0 saturated carbocycles. The van der Waals surface area contributed by atoms with Crippen LogP contribution in [0.2, 0.25) is 0 Å². The van der Waals surface area contributed by atoms with E-state index in [-0.39, 0.29) is 0 Å². The van der Waals surface area contributed by atoms with Crippen molar-refractivity contribution in [3.05, 3.63) is 18.3 Å². The first-order valence-electron chi connectivity index (χ1n) is 12.2. The van der Waals surface area contributed by atoms with Crippen LogP contribution in [0, 0.1) is 10.8 Å². The van der Waals surface area contributed by atoms with Gasteiger partial charge in [-0.15, -0.1) is 0 Å². The summed E-state index contributed by atoms with van der Waals surface area (Å²) in [5, 5.41) is 0. The monoisotopic (exact) mass is 464 g/mol. The van der Waals surface area contributed by atoms with Gasteiger partial charge in [0.1, 0.15) is 10.7 Å². The molecule has 180 valence electrons. The molecule has 1 aromatic heterocycles. The standard InChI is InChI=1S/C24H40N4O3S/c1-23(2,3)6-11-26-12-7-24(8-13-26)9-14-28(15-10-24)32(29,30)21-4-5-22(25-20-21)27-16-18-31-19-17-27/h4-5,20H,6-19H2,1-3H3. The molecule has 1 spiro atoms. The van der Waals surface area contributed by atoms with E-state index in [1.54, 1.807) is 10.4 Å². The van der Waals surface area contributed by atoms with Gasteiger partial charge in [0.05, 0.1) is 13.2 Å². The van der Waals surface area contributed by atoms with E-state index in [1.165, 1.54) is 32.0 Å². The van der Waals surface area contributed by atoms with Crippen molar-refractivity contribution in [1.82, 2.24) is 14.2 Å². The molecule has 0 radical (unpaired) electrons. The number of hydrogen-bond acceptors (Lipinski definition) is 6. The maximum absolute atomic E-state index is 13.2. The first-order chi connectivity index (χ1) is 15.2. The molecule has 0 N–H and O–H groups in total. The third-order valence-corrected chi connectivity index (χ3v) is 9.45. The molecule has 0 unspecified atom stereocenters. The molecule has 4 heterocycles. The number of anilines is 1. The van der Waals surface area contributed by atoms with Gasteiger partial charge < -0.3 is 14.5 Å². The topological polar surface area (TPSA) is 66.0 Å². The lowest BCUT2D eigenvalue weighted by molar-refractivity contribution is 0.0518. The molecule has 0 amide bonds. The van der Waals surface area contributed by atoms with Gasteiger partial charge in [0.15, 0.2) is 0 Å². The summed E-state index contributed by atoms with van der Waals surface area (Å²) in [5.41, 5.74) is 0.701. The zero-order valence-electron chi connectivity index (χ0n) is 20.1. The van der Waals surface area contributed by atoms with Crippen molar-refractivity contribution in [1.29, 1.82) is 0 Å². The fourth-order valence-electron chi connectivity index (χ4n) is 5.10. The number of sulfonamides is 1. The van der Waals surface area contributed by atoms with Crippen LogP contribution in [0.1, 0.15) is 52.9 Å². The predicted molar refractivity (Wildman–Crippen MR) is 127 cm³/mol. The number of morpholine rings is 1. The Kier molecular flexibility index (Phi) is 7.15. The summed E-state index contributed by atoms with van der Waals surface area (Å²) in [6.45, 7) is 14.6. The minimum Gasteiger partial charge on any atom is -0.378 e. The second-order valence-electron chi connectivity index (χ2n) is 11.0. The van der Waals surface area contributed by atoms with Crippen LogP contribution in [-0.4, -0.2) is 81.6 Å². The Morgan fingerprint density at radius 3 is 2.16 bits per heavy atom. The third-order valence-electron chi connectivity index (χ3n) is 7.57. The molecular weight excluding hydrogens is 424 g/mol. The average Bonchev–Trinajstić information content (AvgIpc) is 2.79. The molecule has 3 fully saturated rings. The fourth-order valence-corrected chi connectivity index (χ4v) is 6.49. The lowest BCUT2D eigenvalue weighted by atomic mass is 9.71. The summed E-state index contributed by atoms with van der Waals surface area (Å²) in [5.74, 6) is 0.822. The van der Waals surface area contributed by atoms with Gasteiger partial charge in [0.25, 0.3) is 0 Å². The highest BCUT2D eigenvalue weighted by molar-refractivity contribution is 7.89. The highest BCUT2D eigenvalue weighted by atomic mass is 32.2. The second-order valence-corrected chi connectivity index (χ2v) is 12.9. The Labute approximate surface area is 194 Å². The van der Waals surface area contributed by atoms with E-state index in [2.05, 4.69) is 35.6 Å². The minimum absolute atomic E-state index is 0.308. The van der Waals surface area contributed by atoms with Crippen LogP contribution >= 0.6 is 0 Å². The lowest BCUT2D eigenvalue weighted by Gasteiger charge is -2.46. The Bertz CT molecular complexity index is 842. The van der Waals surface area contributed by atoms with E-state index in [0.29, 0.717) is 42.0 Å². The Balaban J connectivity index is 1.31. The Hall–Kier alpha value is -1.22. The number of nitrogens with zero attached hydrogens (tertiary/aromatic N) is 4. The van der Waals surface area contributed by atoms with Crippen molar-refractivity contribution in [3.8, 4) is 0 Å². The number of likely N-dealkylation sites (tertiary alicyclic amines) is 1. The molecule has 4 rings (SSSR count). The number of aromatic nitrogens is 1. The second kappa shape index (κ2) is 9.57. The fraction of sp³-hybridized carbons (Fsp3) is 0.792. The van der Waals surface area contributed by atoms with E-state index in [4.69, 9.17) is 4.74 Å². The zero-order chi connectivity index (χ0) is 22.8. The van der Waals surface area contributed by atoms with Crippen LogP contribution in [0.4, 0.5) is 5.82 Å². The molecule has 0 atom stereocenters. The summed E-state index contributed by atoms with van der Waals surface area (Å²) in [6.07, 6.45) is 7.08. The van der Waals surface area contributed by atoms with Crippen LogP contribution in [0.5, 0.6) is 0 Å². The third kappa shape index (κ3) is 5.64. The first kappa shape index (κ1) is 23.9. The van der Waals surface area contributed by atoms with Crippen molar-refractivity contribution in [2.45, 2.75) is 57.8 Å². The van der Waals surface area contributed by atoms with Gasteiger partial charge in [-0.1, -0.05) is 20.8 Å². The molecule has 0 aromatic carbocycles. The molecule has 32 heavy (non-hydrogen) atoms. The molecule has 3 saturated heterocycles. The number of hydrogen-bond donors (Lipinski definition) is 0. The number of piperidine rings is 2. The molecule has 0 aliphatic carbocycles. The van der Waals surface area contributed by atoms with Gasteiger partial charge in [0.2, 0.25) is 10.0 Å². The normalized spacial score (nSPS) is 23.5. The maximum Gasteiger partial charge on any atom is 0.244 e. The van der Waals surface area contributed by atoms with E-state index >= 15 is 0 Å². The van der Waals surface area contributed by atoms with Gasteiger partial charge in [-0.25, -0.2) is 13.4 Å². The zero-order valence-corrected chi connectivity index (χ0v) is 20.9. The first-order valence-corrected chi connectivity index (χ1v) is 13.6. The van der Waals surface area contributed by atoms with Crippen LogP contribution in [-0.2, 0) is 14.8 Å². The van der Waals surface area contributed by atoms with Gasteiger partial charge in [-0.3, -0.25) is 0 Å². The maximum atomic E-state index is 13.2. The molecule has 3 aliphatic rings. The van der Waals surface area contributed by atoms with Gasteiger partial charge in [-0.2, -0.15) is 4.31 Å². The Morgan fingerprint density at radius 1 is 0.969 bits per heavy atom. The van der Waals surface area contributed by atoms with Gasteiger partial charge in [-0.05, 0) is 74.7 Å². The quantitative estimate of drug-likeness (QED) is 0.667. The summed E-state index contributed by atoms with van der Waals surface area (Å²) in [4.78, 5) is 9.49. The molecule has 0 bridgehead atoms. The average molecular weight is 465 g/mol. The predicted octanol–water partition coefficient (Wildman–Crippen LogP) is 3.22. The minimum atomic E-state index is -3.48. The number of pyridine rings is 1. The number of ether oxygens (including phenoxy) is 1. The Morgan fingerprint density at radius 2 is 1.59 bits per heavy atom. The SMILES string of the molecule is CC(C)(C)CCN1CCC2(CC1)CCN(S(=O)(=O)c1ccc(N3CCOCC3)nc1)CC2. The van der Waals surface area contributed by atoms with Crippen molar-refractivity contribution < 1.29 is 13.2 Å². The van der Waals surface area contributed by atoms with E-state index < -0.39 is 10.0 Å². The summed E-state index contributed by atoms with van der Waals surface area (Å²) in [6, 6.07) is 3.54. The van der Waals surface area contributed by atoms with E-state index in [0.717, 1.165) is 44.8 Å². The lowest BCUT2D eigenvalue weighted by Crippen LogP contribution is -2.48. The van der Waals surface area contributed by atoms with Crippen molar-refractivity contribution >= 4 is 15.8 Å². The molecule has 8 heteroatoms.